The maximum Gasteiger partial charge on any atom is 0.316 e. The van der Waals surface area contributed by atoms with Crippen LogP contribution >= 0.6 is 0 Å². The maximum absolute atomic E-state index is 11.8. The fraction of sp³-hybridized carbons (Fsp3) is 0.786. The van der Waals surface area contributed by atoms with Crippen LogP contribution in [0.25, 0.3) is 0 Å². The van der Waals surface area contributed by atoms with E-state index in [0.717, 1.165) is 25.7 Å². The number of cyclic esters (lactones) is 2. The van der Waals surface area contributed by atoms with Crippen molar-refractivity contribution in [1.29, 1.82) is 0 Å². The monoisotopic (exact) mass is 250 g/mol. The van der Waals surface area contributed by atoms with Crippen LogP contribution in [-0.4, -0.2) is 17.7 Å². The molecule has 4 nitrogen and oxygen atoms in total. The molecule has 0 radical (unpaired) electrons. The number of Topliss-reactive ketones (excluding diaryl/α,β-unsaturated/α-hetero) is 1. The molecule has 1 aliphatic heterocycles. The van der Waals surface area contributed by atoms with Crippen molar-refractivity contribution in [1.82, 2.24) is 0 Å². The molecule has 5 unspecified atom stereocenters. The molecule has 18 heavy (non-hydrogen) atoms. The van der Waals surface area contributed by atoms with Crippen molar-refractivity contribution in [2.45, 2.75) is 39.0 Å². The van der Waals surface area contributed by atoms with Gasteiger partial charge in [-0.05, 0) is 44.4 Å². The SMILES string of the molecule is CC(=O)C1CCC2C(=O)OC(=O)C3CCCC1C32. The zero-order chi connectivity index (χ0) is 12.9. The third-order valence-electron chi connectivity index (χ3n) is 5.11. The Morgan fingerprint density at radius 1 is 1.06 bits per heavy atom. The van der Waals surface area contributed by atoms with Crippen LogP contribution in [0.15, 0.2) is 0 Å². The number of ether oxygens (including phenoxy) is 1. The predicted octanol–water partition coefficient (Wildman–Crippen LogP) is 1.72. The first-order valence-electron chi connectivity index (χ1n) is 6.85. The molecule has 5 atom stereocenters. The number of esters is 2. The molecular weight excluding hydrogens is 232 g/mol. The lowest BCUT2D eigenvalue weighted by Crippen LogP contribution is -2.53. The van der Waals surface area contributed by atoms with E-state index >= 15 is 0 Å². The Labute approximate surface area is 106 Å². The first kappa shape index (κ1) is 11.9. The van der Waals surface area contributed by atoms with Gasteiger partial charge in [0.1, 0.15) is 5.78 Å². The highest BCUT2D eigenvalue weighted by atomic mass is 16.6. The third kappa shape index (κ3) is 1.62. The molecule has 2 aliphatic carbocycles. The molecule has 2 saturated carbocycles. The molecule has 3 fully saturated rings. The molecule has 3 rings (SSSR count). The zero-order valence-corrected chi connectivity index (χ0v) is 10.6. The van der Waals surface area contributed by atoms with Gasteiger partial charge in [0, 0.05) is 5.92 Å². The molecule has 0 aromatic rings. The Morgan fingerprint density at radius 2 is 1.72 bits per heavy atom. The Morgan fingerprint density at radius 3 is 2.39 bits per heavy atom. The minimum Gasteiger partial charge on any atom is -0.393 e. The minimum absolute atomic E-state index is 0.0488. The summed E-state index contributed by atoms with van der Waals surface area (Å²) in [4.78, 5) is 35.4. The minimum atomic E-state index is -0.352. The number of rotatable bonds is 1. The molecule has 0 amide bonds. The van der Waals surface area contributed by atoms with Crippen LogP contribution in [0.1, 0.15) is 39.0 Å². The average Bonchev–Trinajstić information content (AvgIpc) is 2.34. The van der Waals surface area contributed by atoms with E-state index < -0.39 is 0 Å². The Hall–Kier alpha value is -1.19. The highest BCUT2D eigenvalue weighted by molar-refractivity contribution is 5.92. The van der Waals surface area contributed by atoms with Crippen molar-refractivity contribution in [3.8, 4) is 0 Å². The second-order valence-electron chi connectivity index (χ2n) is 5.92. The number of hydrogen-bond acceptors (Lipinski definition) is 4. The van der Waals surface area contributed by atoms with Gasteiger partial charge in [-0.25, -0.2) is 0 Å². The standard InChI is InChI=1S/C14H18O4/c1-7(15)8-5-6-11-12-9(8)3-2-4-10(12)13(16)18-14(11)17/h8-12H,2-6H2,1H3. The molecule has 4 heteroatoms. The first-order valence-corrected chi connectivity index (χ1v) is 6.85. The molecular formula is C14H18O4. The van der Waals surface area contributed by atoms with Crippen LogP contribution < -0.4 is 0 Å². The van der Waals surface area contributed by atoms with Gasteiger partial charge in [-0.1, -0.05) is 6.42 Å². The number of carbonyl (C=O) groups is 3. The van der Waals surface area contributed by atoms with E-state index in [-0.39, 0.29) is 47.3 Å². The summed E-state index contributed by atoms with van der Waals surface area (Å²) in [6.07, 6.45) is 4.23. The largest absolute Gasteiger partial charge is 0.393 e. The maximum atomic E-state index is 11.8. The smallest absolute Gasteiger partial charge is 0.316 e. The van der Waals surface area contributed by atoms with E-state index in [9.17, 15) is 14.4 Å². The summed E-state index contributed by atoms with van der Waals surface area (Å²) in [6.45, 7) is 1.64. The highest BCUT2D eigenvalue weighted by Crippen LogP contribution is 2.52. The zero-order valence-electron chi connectivity index (χ0n) is 10.6. The van der Waals surface area contributed by atoms with Gasteiger partial charge in [-0.3, -0.25) is 14.4 Å². The summed E-state index contributed by atoms with van der Waals surface area (Å²) in [5.41, 5.74) is 0. The van der Waals surface area contributed by atoms with Crippen LogP contribution in [0.4, 0.5) is 0 Å². The van der Waals surface area contributed by atoms with E-state index in [1.807, 2.05) is 0 Å². The molecule has 0 aromatic carbocycles. The normalized spacial score (nSPS) is 43.1. The van der Waals surface area contributed by atoms with Gasteiger partial charge in [0.15, 0.2) is 0 Å². The summed E-state index contributed by atoms with van der Waals surface area (Å²) in [6, 6.07) is 0. The molecule has 98 valence electrons. The molecule has 0 N–H and O–H groups in total. The van der Waals surface area contributed by atoms with Gasteiger partial charge in [-0.2, -0.15) is 0 Å². The van der Waals surface area contributed by atoms with Gasteiger partial charge >= 0.3 is 11.9 Å². The Bertz CT molecular complexity index is 398. The lowest BCUT2D eigenvalue weighted by atomic mass is 9.56. The van der Waals surface area contributed by atoms with Gasteiger partial charge in [0.25, 0.3) is 0 Å². The van der Waals surface area contributed by atoms with Crippen molar-refractivity contribution in [2.24, 2.45) is 29.6 Å². The van der Waals surface area contributed by atoms with Crippen molar-refractivity contribution in [2.75, 3.05) is 0 Å². The second kappa shape index (κ2) is 4.18. The summed E-state index contributed by atoms with van der Waals surface area (Å²) in [7, 11) is 0. The van der Waals surface area contributed by atoms with E-state index in [4.69, 9.17) is 4.74 Å². The van der Waals surface area contributed by atoms with Crippen LogP contribution in [0, 0.1) is 29.6 Å². The van der Waals surface area contributed by atoms with E-state index in [2.05, 4.69) is 0 Å². The fourth-order valence-corrected chi connectivity index (χ4v) is 4.38. The Balaban J connectivity index is 1.95. The number of hydrogen-bond donors (Lipinski definition) is 0. The summed E-state index contributed by atoms with van der Waals surface area (Å²) < 4.78 is 4.87. The number of ketones is 1. The molecule has 0 aromatic heterocycles. The first-order chi connectivity index (χ1) is 8.59. The van der Waals surface area contributed by atoms with Gasteiger partial charge in [0.2, 0.25) is 0 Å². The van der Waals surface area contributed by atoms with Crippen LogP contribution in [0.2, 0.25) is 0 Å². The Kier molecular flexibility index (Phi) is 2.76. The molecule has 0 spiro atoms. The molecule has 0 bridgehead atoms. The predicted molar refractivity (Wildman–Crippen MR) is 62.3 cm³/mol. The molecule has 1 heterocycles. The summed E-state index contributed by atoms with van der Waals surface area (Å²) >= 11 is 0. The average molecular weight is 250 g/mol. The molecule has 1 saturated heterocycles. The lowest BCUT2D eigenvalue weighted by Gasteiger charge is -2.49. The third-order valence-corrected chi connectivity index (χ3v) is 5.11. The summed E-state index contributed by atoms with van der Waals surface area (Å²) in [5, 5.41) is 0. The van der Waals surface area contributed by atoms with Crippen LogP contribution in [0.5, 0.6) is 0 Å². The van der Waals surface area contributed by atoms with E-state index in [0.29, 0.717) is 6.42 Å². The highest BCUT2D eigenvalue weighted by Gasteiger charge is 2.54. The topological polar surface area (TPSA) is 60.4 Å². The van der Waals surface area contributed by atoms with Crippen molar-refractivity contribution in [3.05, 3.63) is 0 Å². The van der Waals surface area contributed by atoms with Crippen molar-refractivity contribution in [3.63, 3.8) is 0 Å². The van der Waals surface area contributed by atoms with Gasteiger partial charge < -0.3 is 4.74 Å². The number of carbonyl (C=O) groups excluding carboxylic acids is 3. The molecule has 3 aliphatic rings. The van der Waals surface area contributed by atoms with Crippen molar-refractivity contribution >= 4 is 17.7 Å². The van der Waals surface area contributed by atoms with E-state index in [1.165, 1.54) is 0 Å². The quantitative estimate of drug-likeness (QED) is 0.525. The van der Waals surface area contributed by atoms with E-state index in [1.54, 1.807) is 6.92 Å². The van der Waals surface area contributed by atoms with Gasteiger partial charge in [-0.15, -0.1) is 0 Å². The van der Waals surface area contributed by atoms with Crippen LogP contribution in [0.3, 0.4) is 0 Å². The second-order valence-corrected chi connectivity index (χ2v) is 5.92. The van der Waals surface area contributed by atoms with Crippen molar-refractivity contribution < 1.29 is 19.1 Å². The van der Waals surface area contributed by atoms with Gasteiger partial charge in [0.05, 0.1) is 11.8 Å². The van der Waals surface area contributed by atoms with Crippen LogP contribution in [-0.2, 0) is 19.1 Å². The summed E-state index contributed by atoms with van der Waals surface area (Å²) in [5.74, 6) is -0.447. The fourth-order valence-electron chi connectivity index (χ4n) is 4.38. The lowest BCUT2D eigenvalue weighted by molar-refractivity contribution is -0.186.